The number of benzene rings is 1. The molecule has 1 atom stereocenters. The molecule has 136 valence electrons. The number of nitrogens with zero attached hydrogens (tertiary/aromatic N) is 1. The van der Waals surface area contributed by atoms with Gasteiger partial charge in [0.1, 0.15) is 0 Å². The molecule has 1 aromatic carbocycles. The molecule has 0 aliphatic carbocycles. The maximum Gasteiger partial charge on any atom is 0.490 e. The molecule has 7 nitrogen and oxygen atoms in total. The Kier molecular flexibility index (Phi) is 7.12. The maximum atomic E-state index is 11.7. The number of aromatic amines is 1. The average Bonchev–Trinajstić information content (AvgIpc) is 2.92. The van der Waals surface area contributed by atoms with Crippen LogP contribution in [0, 0.1) is 6.92 Å². The quantitative estimate of drug-likeness (QED) is 0.669. The Labute approximate surface area is 140 Å². The molecule has 0 aliphatic rings. The fourth-order valence-corrected chi connectivity index (χ4v) is 1.64. The fraction of sp³-hybridized carbons (Fsp3) is 0.267. The molecular formula is C15H16F3N3O4. The lowest BCUT2D eigenvalue weighted by Crippen LogP contribution is -2.21. The summed E-state index contributed by atoms with van der Waals surface area (Å²) in [5.41, 5.74) is 1.60. The molecule has 0 aliphatic heterocycles. The number of carbonyl (C=O) groups is 2. The van der Waals surface area contributed by atoms with E-state index in [1.54, 1.807) is 18.2 Å². The van der Waals surface area contributed by atoms with Gasteiger partial charge in [-0.3, -0.25) is 9.89 Å². The second-order valence-electron chi connectivity index (χ2n) is 4.92. The van der Waals surface area contributed by atoms with E-state index in [1.165, 1.54) is 0 Å². The van der Waals surface area contributed by atoms with Crippen LogP contribution in [0.25, 0.3) is 0 Å². The highest BCUT2D eigenvalue weighted by Gasteiger charge is 2.38. The molecular weight excluding hydrogens is 343 g/mol. The number of amides is 1. The van der Waals surface area contributed by atoms with Crippen molar-refractivity contribution in [3.05, 3.63) is 47.7 Å². The van der Waals surface area contributed by atoms with E-state index in [2.05, 4.69) is 15.5 Å². The van der Waals surface area contributed by atoms with Gasteiger partial charge in [0, 0.05) is 11.8 Å². The van der Waals surface area contributed by atoms with Crippen LogP contribution < -0.4 is 5.32 Å². The van der Waals surface area contributed by atoms with Crippen molar-refractivity contribution < 1.29 is 33.0 Å². The topological polar surface area (TPSA) is 115 Å². The number of carboxylic acids is 1. The number of aromatic nitrogens is 2. The second kappa shape index (κ2) is 8.83. The van der Waals surface area contributed by atoms with Crippen molar-refractivity contribution in [2.45, 2.75) is 25.6 Å². The molecule has 0 saturated carbocycles. The molecule has 0 spiro atoms. The number of aliphatic carboxylic acids is 1. The van der Waals surface area contributed by atoms with Crippen molar-refractivity contribution in [1.29, 1.82) is 0 Å². The number of nitrogens with one attached hydrogen (secondary N) is 2. The largest absolute Gasteiger partial charge is 0.490 e. The molecule has 25 heavy (non-hydrogen) atoms. The van der Waals surface area contributed by atoms with Crippen molar-refractivity contribution in [2.24, 2.45) is 0 Å². The summed E-state index contributed by atoms with van der Waals surface area (Å²) in [7, 11) is 0. The summed E-state index contributed by atoms with van der Waals surface area (Å²) < 4.78 is 31.7. The number of aryl methyl sites for hydroxylation is 1. The van der Waals surface area contributed by atoms with Gasteiger partial charge >= 0.3 is 12.1 Å². The Morgan fingerprint density at radius 1 is 1.28 bits per heavy atom. The lowest BCUT2D eigenvalue weighted by atomic mass is 10.1. The van der Waals surface area contributed by atoms with E-state index in [-0.39, 0.29) is 12.3 Å². The first-order valence-corrected chi connectivity index (χ1v) is 6.94. The average molecular weight is 359 g/mol. The van der Waals surface area contributed by atoms with E-state index in [0.29, 0.717) is 5.82 Å². The highest BCUT2D eigenvalue weighted by atomic mass is 19.4. The van der Waals surface area contributed by atoms with Crippen LogP contribution in [0.5, 0.6) is 0 Å². The SMILES string of the molecule is Cc1cc(NC(=O)C[C@@H](O)c2ccccc2)n[nH]1.O=C(O)C(F)(F)F. The number of aliphatic hydroxyl groups is 1. The number of carboxylic acid groups (broad SMARTS) is 1. The molecule has 0 radical (unpaired) electrons. The van der Waals surface area contributed by atoms with Gasteiger partial charge in [0.15, 0.2) is 5.82 Å². The summed E-state index contributed by atoms with van der Waals surface area (Å²) >= 11 is 0. The van der Waals surface area contributed by atoms with Crippen LogP contribution in [0.2, 0.25) is 0 Å². The number of carbonyl (C=O) groups excluding carboxylic acids is 1. The van der Waals surface area contributed by atoms with Gasteiger partial charge in [-0.2, -0.15) is 18.3 Å². The van der Waals surface area contributed by atoms with Crippen LogP contribution in [-0.2, 0) is 9.59 Å². The lowest BCUT2D eigenvalue weighted by molar-refractivity contribution is -0.192. The van der Waals surface area contributed by atoms with Gasteiger partial charge in [-0.25, -0.2) is 4.79 Å². The molecule has 1 amide bonds. The number of aliphatic hydroxyl groups excluding tert-OH is 1. The van der Waals surface area contributed by atoms with Crippen LogP contribution in [0.3, 0.4) is 0 Å². The van der Waals surface area contributed by atoms with E-state index in [4.69, 9.17) is 9.90 Å². The molecule has 4 N–H and O–H groups in total. The first kappa shape index (κ1) is 20.2. The number of rotatable bonds is 4. The molecule has 1 aromatic heterocycles. The maximum absolute atomic E-state index is 11.7. The van der Waals surface area contributed by atoms with Crippen molar-refractivity contribution >= 4 is 17.7 Å². The molecule has 0 saturated heterocycles. The Morgan fingerprint density at radius 2 is 1.84 bits per heavy atom. The predicted octanol–water partition coefficient (Wildman–Crippen LogP) is 2.41. The Balaban J connectivity index is 0.000000381. The van der Waals surface area contributed by atoms with Gasteiger partial charge in [0.05, 0.1) is 12.5 Å². The smallest absolute Gasteiger partial charge is 0.475 e. The Morgan fingerprint density at radius 3 is 2.28 bits per heavy atom. The minimum atomic E-state index is -5.08. The number of anilines is 1. The molecule has 2 aromatic rings. The molecule has 1 heterocycles. The van der Waals surface area contributed by atoms with Gasteiger partial charge in [-0.05, 0) is 12.5 Å². The Bertz CT molecular complexity index is 702. The first-order chi connectivity index (χ1) is 11.6. The predicted molar refractivity (Wildman–Crippen MR) is 81.7 cm³/mol. The summed E-state index contributed by atoms with van der Waals surface area (Å²) in [4.78, 5) is 20.6. The fourth-order valence-electron chi connectivity index (χ4n) is 1.64. The number of alkyl halides is 3. The minimum absolute atomic E-state index is 0.00984. The summed E-state index contributed by atoms with van der Waals surface area (Å²) in [6.07, 6.45) is -5.87. The van der Waals surface area contributed by atoms with Crippen LogP contribution in [-0.4, -0.2) is 38.5 Å². The number of halogens is 3. The molecule has 0 bridgehead atoms. The second-order valence-corrected chi connectivity index (χ2v) is 4.92. The van der Waals surface area contributed by atoms with E-state index in [0.717, 1.165) is 11.3 Å². The van der Waals surface area contributed by atoms with Gasteiger partial charge < -0.3 is 15.5 Å². The van der Waals surface area contributed by atoms with Crippen LogP contribution in [0.15, 0.2) is 36.4 Å². The number of hydrogen-bond donors (Lipinski definition) is 4. The zero-order valence-electron chi connectivity index (χ0n) is 13.0. The van der Waals surface area contributed by atoms with E-state index in [1.807, 2.05) is 25.1 Å². The van der Waals surface area contributed by atoms with Gasteiger partial charge in [-0.1, -0.05) is 30.3 Å². The third-order valence-corrected chi connectivity index (χ3v) is 2.78. The number of hydrogen-bond acceptors (Lipinski definition) is 4. The number of H-pyrrole nitrogens is 1. The van der Waals surface area contributed by atoms with Crippen LogP contribution in [0.1, 0.15) is 23.8 Å². The molecule has 10 heteroatoms. The minimum Gasteiger partial charge on any atom is -0.475 e. The lowest BCUT2D eigenvalue weighted by Gasteiger charge is -2.09. The summed E-state index contributed by atoms with van der Waals surface area (Å²) in [6.45, 7) is 1.85. The van der Waals surface area contributed by atoms with Gasteiger partial charge in [0.25, 0.3) is 0 Å². The third-order valence-electron chi connectivity index (χ3n) is 2.78. The van der Waals surface area contributed by atoms with Crippen molar-refractivity contribution in [2.75, 3.05) is 5.32 Å². The van der Waals surface area contributed by atoms with E-state index in [9.17, 15) is 23.1 Å². The zero-order chi connectivity index (χ0) is 19.0. The highest BCUT2D eigenvalue weighted by Crippen LogP contribution is 2.16. The van der Waals surface area contributed by atoms with Crippen LogP contribution >= 0.6 is 0 Å². The van der Waals surface area contributed by atoms with Crippen LogP contribution in [0.4, 0.5) is 19.0 Å². The third kappa shape index (κ3) is 7.48. The van der Waals surface area contributed by atoms with Crippen molar-refractivity contribution in [3.8, 4) is 0 Å². The van der Waals surface area contributed by atoms with Gasteiger partial charge in [-0.15, -0.1) is 0 Å². The normalized spacial score (nSPS) is 11.9. The summed E-state index contributed by atoms with van der Waals surface area (Å²) in [6, 6.07) is 10.8. The standard InChI is InChI=1S/C13H15N3O2.C2HF3O2/c1-9-7-12(16-15-9)14-13(18)8-11(17)10-5-3-2-4-6-10;3-2(4,5)1(6)7/h2-7,11,17H,8H2,1H3,(H2,14,15,16,18);(H,6,7)/t11-;/m1./s1. The van der Waals surface area contributed by atoms with Crippen molar-refractivity contribution in [1.82, 2.24) is 10.2 Å². The summed E-state index contributed by atoms with van der Waals surface area (Å²) in [5, 5.41) is 26.3. The highest BCUT2D eigenvalue weighted by molar-refractivity contribution is 5.90. The Hall–Kier alpha value is -2.88. The molecule has 0 fully saturated rings. The molecule has 0 unspecified atom stereocenters. The van der Waals surface area contributed by atoms with E-state index < -0.39 is 18.2 Å². The van der Waals surface area contributed by atoms with Gasteiger partial charge in [0.2, 0.25) is 5.91 Å². The van der Waals surface area contributed by atoms with Crippen molar-refractivity contribution in [3.63, 3.8) is 0 Å². The van der Waals surface area contributed by atoms with E-state index >= 15 is 0 Å². The summed E-state index contributed by atoms with van der Waals surface area (Å²) in [5.74, 6) is -2.55. The molecule has 2 rings (SSSR count). The monoisotopic (exact) mass is 359 g/mol. The first-order valence-electron chi connectivity index (χ1n) is 6.94. The zero-order valence-corrected chi connectivity index (χ0v) is 13.0.